The third-order valence-electron chi connectivity index (χ3n) is 4.45. The van der Waals surface area contributed by atoms with E-state index in [9.17, 15) is 0 Å². The predicted octanol–water partition coefficient (Wildman–Crippen LogP) is 4.75. The lowest BCUT2D eigenvalue weighted by Crippen LogP contribution is -2.15. The Hall–Kier alpha value is -3.54. The summed E-state index contributed by atoms with van der Waals surface area (Å²) in [6, 6.07) is 19.1. The molecule has 1 aromatic heterocycles. The maximum absolute atomic E-state index is 7.57. The van der Waals surface area contributed by atoms with Crippen LogP contribution in [0.3, 0.4) is 0 Å². The quantitative estimate of drug-likeness (QED) is 0.353. The largest absolute Gasteiger partial charge is 0.490 e. The van der Waals surface area contributed by atoms with Crippen LogP contribution in [0, 0.1) is 5.41 Å². The van der Waals surface area contributed by atoms with Crippen molar-refractivity contribution in [1.29, 1.82) is 5.41 Å². The predicted molar refractivity (Wildman–Crippen MR) is 121 cm³/mol. The molecule has 6 nitrogen and oxygen atoms in total. The first kappa shape index (κ1) is 21.2. The van der Waals surface area contributed by atoms with E-state index in [1.165, 1.54) is 0 Å². The number of amidine groups is 1. The summed E-state index contributed by atoms with van der Waals surface area (Å²) in [6.45, 7) is 6.49. The van der Waals surface area contributed by atoms with Crippen LogP contribution < -0.4 is 20.5 Å². The Balaban J connectivity index is 1.98. The van der Waals surface area contributed by atoms with Crippen molar-refractivity contribution in [3.05, 3.63) is 83.7 Å². The second kappa shape index (κ2) is 9.78. The van der Waals surface area contributed by atoms with Crippen molar-refractivity contribution in [3.8, 4) is 11.5 Å². The summed E-state index contributed by atoms with van der Waals surface area (Å²) in [6.07, 6.45) is 1.84. The van der Waals surface area contributed by atoms with Crippen molar-refractivity contribution in [1.82, 2.24) is 4.98 Å². The number of nitrogens with two attached hydrogens (primary N) is 1. The van der Waals surface area contributed by atoms with Gasteiger partial charge in [-0.15, -0.1) is 0 Å². The Morgan fingerprint density at radius 3 is 2.43 bits per heavy atom. The average molecular weight is 405 g/mol. The Morgan fingerprint density at radius 1 is 1.07 bits per heavy atom. The SMILES string of the molecule is CCOc1cc(C(Nc2ccc(C(=N)N)cc2)c2ccccn2)ccc1OC(C)C. The van der Waals surface area contributed by atoms with Gasteiger partial charge in [0.05, 0.1) is 24.4 Å². The van der Waals surface area contributed by atoms with Crippen LogP contribution >= 0.6 is 0 Å². The van der Waals surface area contributed by atoms with Gasteiger partial charge in [0.2, 0.25) is 0 Å². The van der Waals surface area contributed by atoms with E-state index < -0.39 is 0 Å². The first-order chi connectivity index (χ1) is 14.5. The number of benzene rings is 2. The Labute approximate surface area is 177 Å². The molecule has 0 spiro atoms. The summed E-state index contributed by atoms with van der Waals surface area (Å²) in [5, 5.41) is 11.1. The minimum Gasteiger partial charge on any atom is -0.490 e. The zero-order valence-corrected chi connectivity index (χ0v) is 17.6. The van der Waals surface area contributed by atoms with Crippen molar-refractivity contribution in [2.24, 2.45) is 5.73 Å². The normalized spacial score (nSPS) is 11.7. The summed E-state index contributed by atoms with van der Waals surface area (Å²) >= 11 is 0. The Kier molecular flexibility index (Phi) is 6.91. The van der Waals surface area contributed by atoms with Crippen LogP contribution in [0.1, 0.15) is 43.6 Å². The van der Waals surface area contributed by atoms with Crippen molar-refractivity contribution in [2.45, 2.75) is 32.9 Å². The number of pyridine rings is 1. The average Bonchev–Trinajstić information content (AvgIpc) is 2.74. The monoisotopic (exact) mass is 404 g/mol. The molecule has 1 unspecified atom stereocenters. The van der Waals surface area contributed by atoms with Gasteiger partial charge in [0.1, 0.15) is 5.84 Å². The fourth-order valence-corrected chi connectivity index (χ4v) is 3.11. The molecule has 2 aromatic carbocycles. The highest BCUT2D eigenvalue weighted by Gasteiger charge is 2.18. The van der Waals surface area contributed by atoms with Crippen LogP contribution in [0.25, 0.3) is 0 Å². The standard InChI is InChI=1S/C24H28N4O2/c1-4-29-22-15-18(10-13-21(22)30-16(2)3)23(20-7-5-6-14-27-20)28-19-11-8-17(9-12-19)24(25)26/h5-16,23,28H,4H2,1-3H3,(H3,25,26). The van der Waals surface area contributed by atoms with Gasteiger partial charge in [-0.25, -0.2) is 0 Å². The lowest BCUT2D eigenvalue weighted by molar-refractivity contribution is 0.223. The zero-order valence-electron chi connectivity index (χ0n) is 17.6. The Morgan fingerprint density at radius 2 is 1.83 bits per heavy atom. The molecule has 30 heavy (non-hydrogen) atoms. The maximum Gasteiger partial charge on any atom is 0.161 e. The highest BCUT2D eigenvalue weighted by Crippen LogP contribution is 2.34. The fourth-order valence-electron chi connectivity index (χ4n) is 3.11. The van der Waals surface area contributed by atoms with E-state index in [-0.39, 0.29) is 18.0 Å². The number of nitrogens with one attached hydrogen (secondary N) is 2. The molecule has 0 aliphatic heterocycles. The molecule has 0 radical (unpaired) electrons. The number of rotatable bonds is 9. The molecule has 0 aliphatic rings. The second-order valence-electron chi connectivity index (χ2n) is 7.13. The molecule has 1 atom stereocenters. The first-order valence-electron chi connectivity index (χ1n) is 10.0. The number of anilines is 1. The minimum atomic E-state index is -0.193. The lowest BCUT2D eigenvalue weighted by Gasteiger charge is -2.22. The minimum absolute atomic E-state index is 0.0462. The number of aromatic nitrogens is 1. The topological polar surface area (TPSA) is 93.2 Å². The molecule has 3 aromatic rings. The molecule has 0 bridgehead atoms. The van der Waals surface area contributed by atoms with Gasteiger partial charge in [-0.2, -0.15) is 0 Å². The van der Waals surface area contributed by atoms with E-state index in [0.29, 0.717) is 17.9 Å². The molecule has 0 amide bonds. The molecular formula is C24H28N4O2. The van der Waals surface area contributed by atoms with E-state index in [4.69, 9.17) is 20.6 Å². The van der Waals surface area contributed by atoms with Gasteiger partial charge in [-0.05, 0) is 74.9 Å². The van der Waals surface area contributed by atoms with Crippen LogP contribution in [-0.4, -0.2) is 23.5 Å². The van der Waals surface area contributed by atoms with E-state index in [0.717, 1.165) is 22.7 Å². The van der Waals surface area contributed by atoms with Crippen molar-refractivity contribution >= 4 is 11.5 Å². The van der Waals surface area contributed by atoms with Gasteiger partial charge in [-0.1, -0.05) is 12.1 Å². The molecule has 0 saturated carbocycles. The van der Waals surface area contributed by atoms with Gasteiger partial charge in [0, 0.05) is 17.4 Å². The summed E-state index contributed by atoms with van der Waals surface area (Å²) in [4.78, 5) is 4.56. The number of hydrogen-bond acceptors (Lipinski definition) is 5. The van der Waals surface area contributed by atoms with Crippen molar-refractivity contribution in [2.75, 3.05) is 11.9 Å². The highest BCUT2D eigenvalue weighted by molar-refractivity contribution is 5.95. The van der Waals surface area contributed by atoms with Gasteiger partial charge in [0.25, 0.3) is 0 Å². The fraction of sp³-hybridized carbons (Fsp3) is 0.250. The summed E-state index contributed by atoms with van der Waals surface area (Å²) < 4.78 is 11.7. The van der Waals surface area contributed by atoms with Gasteiger partial charge < -0.3 is 20.5 Å². The van der Waals surface area contributed by atoms with Crippen molar-refractivity contribution < 1.29 is 9.47 Å². The van der Waals surface area contributed by atoms with E-state index in [2.05, 4.69) is 10.3 Å². The zero-order chi connectivity index (χ0) is 21.5. The summed E-state index contributed by atoms with van der Waals surface area (Å²) in [5.41, 5.74) is 9.04. The maximum atomic E-state index is 7.57. The molecule has 4 N–H and O–H groups in total. The third kappa shape index (κ3) is 5.29. The third-order valence-corrected chi connectivity index (χ3v) is 4.45. The van der Waals surface area contributed by atoms with Gasteiger partial charge in [-0.3, -0.25) is 10.4 Å². The van der Waals surface area contributed by atoms with Crippen LogP contribution in [0.2, 0.25) is 0 Å². The molecular weight excluding hydrogens is 376 g/mol. The number of nitrogens with zero attached hydrogens (tertiary/aromatic N) is 1. The first-order valence-corrected chi connectivity index (χ1v) is 10.0. The van der Waals surface area contributed by atoms with Gasteiger partial charge in [0.15, 0.2) is 11.5 Å². The number of ether oxygens (including phenoxy) is 2. The van der Waals surface area contributed by atoms with E-state index >= 15 is 0 Å². The van der Waals surface area contributed by atoms with Crippen LogP contribution in [0.4, 0.5) is 5.69 Å². The van der Waals surface area contributed by atoms with E-state index in [1.54, 1.807) is 6.20 Å². The lowest BCUT2D eigenvalue weighted by atomic mass is 10.0. The van der Waals surface area contributed by atoms with Crippen molar-refractivity contribution in [3.63, 3.8) is 0 Å². The number of nitrogen functional groups attached to an aromatic ring is 1. The molecule has 3 rings (SSSR count). The molecule has 156 valence electrons. The van der Waals surface area contributed by atoms with E-state index in [1.807, 2.05) is 81.4 Å². The number of hydrogen-bond donors (Lipinski definition) is 3. The molecule has 1 heterocycles. The highest BCUT2D eigenvalue weighted by atomic mass is 16.5. The Bertz CT molecular complexity index is 972. The van der Waals surface area contributed by atoms with Crippen LogP contribution in [-0.2, 0) is 0 Å². The molecule has 0 aliphatic carbocycles. The smallest absolute Gasteiger partial charge is 0.161 e. The van der Waals surface area contributed by atoms with Crippen LogP contribution in [0.15, 0.2) is 66.9 Å². The van der Waals surface area contributed by atoms with Gasteiger partial charge >= 0.3 is 0 Å². The molecule has 6 heteroatoms. The summed E-state index contributed by atoms with van der Waals surface area (Å²) in [7, 11) is 0. The van der Waals surface area contributed by atoms with Crippen LogP contribution in [0.5, 0.6) is 11.5 Å². The summed E-state index contributed by atoms with van der Waals surface area (Å²) in [5.74, 6) is 1.48. The molecule has 0 saturated heterocycles. The molecule has 0 fully saturated rings. The second-order valence-corrected chi connectivity index (χ2v) is 7.13.